The molecule has 0 atom stereocenters. The molecule has 1 aliphatic heterocycles. The van der Waals surface area contributed by atoms with E-state index in [0.29, 0.717) is 0 Å². The van der Waals surface area contributed by atoms with Crippen LogP contribution in [0.1, 0.15) is 32.6 Å². The van der Waals surface area contributed by atoms with Crippen molar-refractivity contribution in [2.75, 3.05) is 0 Å². The number of thiophene rings is 2. The Morgan fingerprint density at radius 2 is 1.40 bits per heavy atom. The molecule has 0 spiro atoms. The van der Waals surface area contributed by atoms with E-state index < -0.39 is 0 Å². The number of aryl methyl sites for hydroxylation is 1. The summed E-state index contributed by atoms with van der Waals surface area (Å²) in [4.78, 5) is 3.94. The predicted octanol–water partition coefficient (Wildman–Crippen LogP) is 4.08. The average Bonchev–Trinajstić information content (AvgIpc) is 2.98. The van der Waals surface area contributed by atoms with Gasteiger partial charge in [-0.05, 0) is 52.8 Å². The molecule has 0 aromatic carbocycles. The van der Waals surface area contributed by atoms with E-state index in [0.717, 1.165) is 4.78 Å². The van der Waals surface area contributed by atoms with Gasteiger partial charge in [0, 0.05) is 19.4 Å². The second-order valence-electron chi connectivity index (χ2n) is 6.20. The molecule has 0 N–H and O–H groups in total. The molecule has 1 saturated heterocycles. The molecule has 0 bridgehead atoms. The van der Waals surface area contributed by atoms with Crippen LogP contribution in [0.3, 0.4) is 0 Å². The number of rotatable bonds is 2. The zero-order valence-corrected chi connectivity index (χ0v) is 14.2. The van der Waals surface area contributed by atoms with Crippen LogP contribution in [0.25, 0.3) is 9.75 Å². The topological polar surface area (TPSA) is 18.5 Å². The second-order valence-corrected chi connectivity index (χ2v) is 8.60. The summed E-state index contributed by atoms with van der Waals surface area (Å²) in [5.41, 5.74) is -0.553. The van der Waals surface area contributed by atoms with Crippen molar-refractivity contribution in [3.05, 3.63) is 29.1 Å². The fourth-order valence-electron chi connectivity index (χ4n) is 2.14. The van der Waals surface area contributed by atoms with Crippen molar-refractivity contribution in [3.63, 3.8) is 0 Å². The minimum atomic E-state index is -0.276. The van der Waals surface area contributed by atoms with Crippen molar-refractivity contribution in [2.24, 2.45) is 0 Å². The Hall–Kier alpha value is -0.615. The molecular formula is C15H19BO2S2. The van der Waals surface area contributed by atoms with Crippen LogP contribution in [0.5, 0.6) is 0 Å². The third-order valence-electron chi connectivity index (χ3n) is 4.10. The van der Waals surface area contributed by atoms with Crippen LogP contribution < -0.4 is 4.78 Å². The van der Waals surface area contributed by atoms with E-state index in [1.54, 1.807) is 11.3 Å². The van der Waals surface area contributed by atoms with Gasteiger partial charge in [-0.25, -0.2) is 0 Å². The Morgan fingerprint density at radius 1 is 0.850 bits per heavy atom. The number of hydrogen-bond donors (Lipinski definition) is 0. The van der Waals surface area contributed by atoms with Crippen LogP contribution in [-0.4, -0.2) is 18.3 Å². The Balaban J connectivity index is 1.85. The lowest BCUT2D eigenvalue weighted by Gasteiger charge is -2.32. The lowest BCUT2D eigenvalue weighted by Crippen LogP contribution is -2.41. The summed E-state index contributed by atoms with van der Waals surface area (Å²) in [7, 11) is -0.250. The van der Waals surface area contributed by atoms with Gasteiger partial charge in [-0.1, -0.05) is 6.07 Å². The van der Waals surface area contributed by atoms with Gasteiger partial charge in [-0.3, -0.25) is 0 Å². The van der Waals surface area contributed by atoms with Crippen molar-refractivity contribution < 1.29 is 9.31 Å². The van der Waals surface area contributed by atoms with Gasteiger partial charge < -0.3 is 9.31 Å². The SMILES string of the molecule is Cc1ccc(-c2ccc(B3OC(C)(C)C(C)(C)O3)s2)s1. The van der Waals surface area contributed by atoms with Crippen LogP contribution in [0.2, 0.25) is 0 Å². The maximum atomic E-state index is 6.10. The molecule has 0 unspecified atom stereocenters. The number of hydrogen-bond acceptors (Lipinski definition) is 4. The largest absolute Gasteiger partial charge is 0.505 e. The molecule has 0 saturated carbocycles. The van der Waals surface area contributed by atoms with Gasteiger partial charge in [0.25, 0.3) is 0 Å². The molecule has 2 aromatic rings. The molecule has 106 valence electrons. The monoisotopic (exact) mass is 306 g/mol. The molecule has 5 heteroatoms. The van der Waals surface area contributed by atoms with Gasteiger partial charge in [0.05, 0.1) is 11.2 Å². The third kappa shape index (κ3) is 2.37. The van der Waals surface area contributed by atoms with E-state index in [9.17, 15) is 0 Å². The Kier molecular flexibility index (Phi) is 3.37. The molecule has 1 aliphatic rings. The van der Waals surface area contributed by atoms with Crippen LogP contribution in [0.4, 0.5) is 0 Å². The summed E-state index contributed by atoms with van der Waals surface area (Å²) in [6, 6.07) is 8.63. The van der Waals surface area contributed by atoms with Crippen molar-refractivity contribution >= 4 is 34.6 Å². The van der Waals surface area contributed by atoms with Gasteiger partial charge >= 0.3 is 7.12 Å². The van der Waals surface area contributed by atoms with Gasteiger partial charge in [-0.15, -0.1) is 22.7 Å². The van der Waals surface area contributed by atoms with Crippen LogP contribution in [-0.2, 0) is 9.31 Å². The molecule has 0 aliphatic carbocycles. The maximum Gasteiger partial charge on any atom is 0.505 e. The van der Waals surface area contributed by atoms with E-state index in [2.05, 4.69) is 58.9 Å². The molecule has 0 radical (unpaired) electrons. The highest BCUT2D eigenvalue weighted by molar-refractivity contribution is 7.28. The van der Waals surface area contributed by atoms with Crippen LogP contribution >= 0.6 is 22.7 Å². The van der Waals surface area contributed by atoms with Crippen LogP contribution in [0.15, 0.2) is 24.3 Å². The zero-order valence-electron chi connectivity index (χ0n) is 12.5. The molecule has 3 rings (SSSR count). The van der Waals surface area contributed by atoms with E-state index in [1.807, 2.05) is 11.3 Å². The van der Waals surface area contributed by atoms with E-state index in [4.69, 9.17) is 9.31 Å². The molecule has 1 fully saturated rings. The first-order valence-electron chi connectivity index (χ1n) is 6.81. The van der Waals surface area contributed by atoms with E-state index in [1.165, 1.54) is 14.6 Å². The molecule has 2 aromatic heterocycles. The first-order valence-corrected chi connectivity index (χ1v) is 8.44. The van der Waals surface area contributed by atoms with Gasteiger partial charge in [-0.2, -0.15) is 0 Å². The maximum absolute atomic E-state index is 6.10. The van der Waals surface area contributed by atoms with Crippen molar-refractivity contribution in [1.29, 1.82) is 0 Å². The summed E-state index contributed by atoms with van der Waals surface area (Å²) >= 11 is 3.58. The minimum absolute atomic E-state index is 0.250. The molecular weight excluding hydrogens is 287 g/mol. The van der Waals surface area contributed by atoms with Crippen LogP contribution in [0, 0.1) is 6.92 Å². The summed E-state index contributed by atoms with van der Waals surface area (Å²) in [5.74, 6) is 0. The summed E-state index contributed by atoms with van der Waals surface area (Å²) in [6.45, 7) is 10.5. The van der Waals surface area contributed by atoms with E-state index in [-0.39, 0.29) is 18.3 Å². The molecule has 3 heterocycles. The molecule has 2 nitrogen and oxygen atoms in total. The lowest BCUT2D eigenvalue weighted by molar-refractivity contribution is 0.00578. The van der Waals surface area contributed by atoms with Crippen molar-refractivity contribution in [1.82, 2.24) is 0 Å². The van der Waals surface area contributed by atoms with Crippen molar-refractivity contribution in [3.8, 4) is 9.75 Å². The smallest absolute Gasteiger partial charge is 0.399 e. The fraction of sp³-hybridized carbons (Fsp3) is 0.467. The molecule has 0 amide bonds. The summed E-state index contributed by atoms with van der Waals surface area (Å²) in [6.07, 6.45) is 0. The highest BCUT2D eigenvalue weighted by atomic mass is 32.1. The Bertz CT molecular complexity index is 611. The predicted molar refractivity (Wildman–Crippen MR) is 88.1 cm³/mol. The van der Waals surface area contributed by atoms with E-state index >= 15 is 0 Å². The van der Waals surface area contributed by atoms with Gasteiger partial charge in [0.1, 0.15) is 0 Å². The quantitative estimate of drug-likeness (QED) is 0.778. The normalized spacial score (nSPS) is 20.6. The average molecular weight is 306 g/mol. The Morgan fingerprint density at radius 3 is 1.95 bits per heavy atom. The first kappa shape index (κ1) is 14.3. The van der Waals surface area contributed by atoms with Crippen molar-refractivity contribution in [2.45, 2.75) is 45.8 Å². The zero-order chi connectivity index (χ0) is 14.5. The third-order valence-corrected chi connectivity index (χ3v) is 6.40. The summed E-state index contributed by atoms with van der Waals surface area (Å²) in [5, 5.41) is 0. The fourth-order valence-corrected chi connectivity index (χ4v) is 4.06. The Labute approximate surface area is 128 Å². The highest BCUT2D eigenvalue weighted by Gasteiger charge is 2.52. The first-order chi connectivity index (χ1) is 9.28. The van der Waals surface area contributed by atoms with Gasteiger partial charge in [0.2, 0.25) is 0 Å². The molecule has 20 heavy (non-hydrogen) atoms. The summed E-state index contributed by atoms with van der Waals surface area (Å²) < 4.78 is 13.3. The lowest BCUT2D eigenvalue weighted by atomic mass is 9.88. The highest BCUT2D eigenvalue weighted by Crippen LogP contribution is 2.38. The van der Waals surface area contributed by atoms with Gasteiger partial charge in [0.15, 0.2) is 0 Å². The minimum Gasteiger partial charge on any atom is -0.399 e. The second kappa shape index (κ2) is 4.70. The standard InChI is InChI=1S/C15H19BO2S2/c1-10-6-7-11(19-10)12-8-9-13(20-12)16-17-14(2,3)15(4,5)18-16/h6-9H,1-5H3.